The van der Waals surface area contributed by atoms with Gasteiger partial charge in [-0.1, -0.05) is 12.1 Å². The van der Waals surface area contributed by atoms with Gasteiger partial charge in [0.25, 0.3) is 5.91 Å². The van der Waals surface area contributed by atoms with Crippen LogP contribution in [-0.2, 0) is 13.0 Å². The molecule has 0 aliphatic heterocycles. The second-order valence-electron chi connectivity index (χ2n) is 6.32. The Morgan fingerprint density at radius 1 is 1.07 bits per heavy atom. The van der Waals surface area contributed by atoms with Crippen molar-refractivity contribution in [2.24, 2.45) is 0 Å². The maximum absolute atomic E-state index is 12.6. The summed E-state index contributed by atoms with van der Waals surface area (Å²) in [7, 11) is 3.41. The van der Waals surface area contributed by atoms with Crippen LogP contribution in [0.4, 0.5) is 5.82 Å². The number of nitrogens with zero attached hydrogens (tertiary/aromatic N) is 4. The molecule has 0 saturated carbocycles. The molecule has 0 fully saturated rings. The van der Waals surface area contributed by atoms with E-state index in [-0.39, 0.29) is 5.91 Å². The van der Waals surface area contributed by atoms with Crippen LogP contribution in [0.15, 0.2) is 61.2 Å². The Morgan fingerprint density at radius 2 is 1.82 bits per heavy atom. The fourth-order valence-corrected chi connectivity index (χ4v) is 2.65. The molecule has 3 aromatic rings. The van der Waals surface area contributed by atoms with E-state index in [9.17, 15) is 4.79 Å². The van der Waals surface area contributed by atoms with Crippen molar-refractivity contribution in [2.45, 2.75) is 13.0 Å². The molecule has 0 spiro atoms. The number of nitrogens with one attached hydrogen (secondary N) is 1. The maximum atomic E-state index is 12.6. The summed E-state index contributed by atoms with van der Waals surface area (Å²) in [6, 6.07) is 13.3. The second-order valence-corrected chi connectivity index (χ2v) is 6.32. The molecule has 28 heavy (non-hydrogen) atoms. The van der Waals surface area contributed by atoms with Gasteiger partial charge in [-0.25, -0.2) is 9.97 Å². The largest absolute Gasteiger partial charge is 0.497 e. The number of aromatic nitrogens is 3. The van der Waals surface area contributed by atoms with Crippen molar-refractivity contribution in [3.05, 3.63) is 78.0 Å². The van der Waals surface area contributed by atoms with Crippen LogP contribution >= 0.6 is 0 Å². The van der Waals surface area contributed by atoms with Gasteiger partial charge in [-0.15, -0.1) is 0 Å². The zero-order valence-electron chi connectivity index (χ0n) is 16.0. The van der Waals surface area contributed by atoms with E-state index in [1.165, 1.54) is 6.33 Å². The molecule has 2 heterocycles. The van der Waals surface area contributed by atoms with E-state index in [0.29, 0.717) is 24.6 Å². The average Bonchev–Trinajstić information content (AvgIpc) is 2.76. The number of carbonyl (C=O) groups is 1. The molecule has 0 radical (unpaired) electrons. The third-order valence-corrected chi connectivity index (χ3v) is 4.35. The molecular weight excluding hydrogens is 354 g/mol. The second kappa shape index (κ2) is 9.45. The number of benzene rings is 1. The number of ether oxygens (including phenoxy) is 1. The average molecular weight is 377 g/mol. The lowest BCUT2D eigenvalue weighted by atomic mass is 10.2. The van der Waals surface area contributed by atoms with Crippen LogP contribution in [0.2, 0.25) is 0 Å². The molecular formula is C21H23N5O2. The SMILES string of the molecule is COc1ccc(CNc2cc(C(=O)N(C)CCc3ccncc3)ncn2)cc1. The van der Waals surface area contributed by atoms with Crippen LogP contribution < -0.4 is 10.1 Å². The third kappa shape index (κ3) is 5.26. The van der Waals surface area contributed by atoms with Gasteiger partial charge in [0.2, 0.25) is 0 Å². The topological polar surface area (TPSA) is 80.2 Å². The molecule has 0 saturated heterocycles. The van der Waals surface area contributed by atoms with Gasteiger partial charge >= 0.3 is 0 Å². The van der Waals surface area contributed by atoms with Gasteiger partial charge in [0, 0.05) is 38.6 Å². The number of likely N-dealkylation sites (N-methyl/N-ethyl adjacent to an activating group) is 1. The fraction of sp³-hybridized carbons (Fsp3) is 0.238. The number of carbonyl (C=O) groups excluding carboxylic acids is 1. The number of pyridine rings is 1. The predicted octanol–water partition coefficient (Wildman–Crippen LogP) is 2.81. The zero-order valence-corrected chi connectivity index (χ0v) is 16.0. The summed E-state index contributed by atoms with van der Waals surface area (Å²) in [6.07, 6.45) is 5.67. The molecule has 0 bridgehead atoms. The summed E-state index contributed by atoms with van der Waals surface area (Å²) in [5.41, 5.74) is 2.59. The minimum Gasteiger partial charge on any atom is -0.497 e. The monoisotopic (exact) mass is 377 g/mol. The van der Waals surface area contributed by atoms with Gasteiger partial charge in [0.15, 0.2) is 0 Å². The highest BCUT2D eigenvalue weighted by Crippen LogP contribution is 2.13. The molecule has 1 aromatic carbocycles. The number of methoxy groups -OCH3 is 1. The van der Waals surface area contributed by atoms with E-state index in [4.69, 9.17) is 4.74 Å². The highest BCUT2D eigenvalue weighted by Gasteiger charge is 2.14. The lowest BCUT2D eigenvalue weighted by Crippen LogP contribution is -2.29. The Kier molecular flexibility index (Phi) is 6.51. The van der Waals surface area contributed by atoms with Crippen molar-refractivity contribution in [1.29, 1.82) is 0 Å². The van der Waals surface area contributed by atoms with Crippen LogP contribution in [0.5, 0.6) is 5.75 Å². The van der Waals surface area contributed by atoms with Crippen LogP contribution in [0.3, 0.4) is 0 Å². The Morgan fingerprint density at radius 3 is 2.54 bits per heavy atom. The molecule has 7 nitrogen and oxygen atoms in total. The maximum Gasteiger partial charge on any atom is 0.272 e. The summed E-state index contributed by atoms with van der Waals surface area (Å²) >= 11 is 0. The first-order valence-electron chi connectivity index (χ1n) is 8.99. The van der Waals surface area contributed by atoms with Crippen molar-refractivity contribution < 1.29 is 9.53 Å². The summed E-state index contributed by atoms with van der Waals surface area (Å²) in [5.74, 6) is 1.29. The van der Waals surface area contributed by atoms with Gasteiger partial charge in [0.05, 0.1) is 7.11 Å². The third-order valence-electron chi connectivity index (χ3n) is 4.35. The van der Waals surface area contributed by atoms with Crippen molar-refractivity contribution in [3.63, 3.8) is 0 Å². The van der Waals surface area contributed by atoms with Crippen LogP contribution in [-0.4, -0.2) is 46.5 Å². The molecule has 1 amide bonds. The first-order chi connectivity index (χ1) is 13.7. The van der Waals surface area contributed by atoms with E-state index in [1.807, 2.05) is 36.4 Å². The normalized spacial score (nSPS) is 10.4. The van der Waals surface area contributed by atoms with Gasteiger partial charge < -0.3 is 15.0 Å². The summed E-state index contributed by atoms with van der Waals surface area (Å²) in [5, 5.41) is 3.22. The van der Waals surface area contributed by atoms with Gasteiger partial charge in [0.1, 0.15) is 23.6 Å². The lowest BCUT2D eigenvalue weighted by Gasteiger charge is -2.17. The molecule has 0 aliphatic rings. The Labute approximate surface area is 164 Å². The van der Waals surface area contributed by atoms with Crippen molar-refractivity contribution in [2.75, 3.05) is 26.0 Å². The molecule has 0 aliphatic carbocycles. The lowest BCUT2D eigenvalue weighted by molar-refractivity contribution is 0.0790. The van der Waals surface area contributed by atoms with Crippen molar-refractivity contribution in [3.8, 4) is 5.75 Å². The van der Waals surface area contributed by atoms with Crippen LogP contribution in [0.25, 0.3) is 0 Å². The van der Waals surface area contributed by atoms with E-state index in [1.54, 1.807) is 37.5 Å². The van der Waals surface area contributed by atoms with Crippen molar-refractivity contribution in [1.82, 2.24) is 19.9 Å². The van der Waals surface area contributed by atoms with E-state index in [0.717, 1.165) is 23.3 Å². The first kappa shape index (κ1) is 19.3. The minimum absolute atomic E-state index is 0.135. The van der Waals surface area contributed by atoms with Gasteiger partial charge in [-0.2, -0.15) is 0 Å². The zero-order chi connectivity index (χ0) is 19.8. The van der Waals surface area contributed by atoms with Gasteiger partial charge in [-0.3, -0.25) is 9.78 Å². The number of amides is 1. The summed E-state index contributed by atoms with van der Waals surface area (Å²) in [6.45, 7) is 1.19. The first-order valence-corrected chi connectivity index (χ1v) is 8.99. The molecule has 7 heteroatoms. The number of anilines is 1. The predicted molar refractivity (Wildman–Crippen MR) is 107 cm³/mol. The Hall–Kier alpha value is -3.48. The number of rotatable bonds is 8. The van der Waals surface area contributed by atoms with Crippen molar-refractivity contribution >= 4 is 11.7 Å². The van der Waals surface area contributed by atoms with Crippen LogP contribution in [0.1, 0.15) is 21.6 Å². The molecule has 0 unspecified atom stereocenters. The molecule has 144 valence electrons. The van der Waals surface area contributed by atoms with E-state index in [2.05, 4.69) is 20.3 Å². The summed E-state index contributed by atoms with van der Waals surface area (Å²) < 4.78 is 5.16. The molecule has 3 rings (SSSR count). The van der Waals surface area contributed by atoms with Crippen LogP contribution in [0, 0.1) is 0 Å². The summed E-state index contributed by atoms with van der Waals surface area (Å²) in [4.78, 5) is 26.6. The highest BCUT2D eigenvalue weighted by molar-refractivity contribution is 5.92. The highest BCUT2D eigenvalue weighted by atomic mass is 16.5. The van der Waals surface area contributed by atoms with Gasteiger partial charge in [-0.05, 0) is 41.8 Å². The fourth-order valence-electron chi connectivity index (χ4n) is 2.65. The number of hydrogen-bond donors (Lipinski definition) is 1. The molecule has 0 atom stereocenters. The quantitative estimate of drug-likeness (QED) is 0.650. The standard InChI is InChI=1S/C21H23N5O2/c1-26(12-9-16-7-10-22-11-8-16)21(27)19-13-20(25-15-24-19)23-14-17-3-5-18(28-2)6-4-17/h3-8,10-11,13,15H,9,12,14H2,1-2H3,(H,23,24,25). The van der Waals surface area contributed by atoms with E-state index >= 15 is 0 Å². The molecule has 2 aromatic heterocycles. The smallest absolute Gasteiger partial charge is 0.272 e. The Bertz CT molecular complexity index is 900. The Balaban J connectivity index is 1.57. The minimum atomic E-state index is -0.135. The van der Waals surface area contributed by atoms with E-state index < -0.39 is 0 Å². The number of hydrogen-bond acceptors (Lipinski definition) is 6. The molecule has 1 N–H and O–H groups in total.